The molecule has 2 amide bonds. The SMILES string of the molecule is CCCCCCN1C(=O)C(CC(C)C)NC(=O)C1CC. The molecule has 0 bridgehead atoms. The van der Waals surface area contributed by atoms with E-state index in [0.717, 1.165) is 25.8 Å². The van der Waals surface area contributed by atoms with Gasteiger partial charge in [0.15, 0.2) is 0 Å². The average Bonchev–Trinajstić information content (AvgIpc) is 2.39. The Labute approximate surface area is 123 Å². The van der Waals surface area contributed by atoms with Crippen molar-refractivity contribution in [2.24, 2.45) is 5.92 Å². The summed E-state index contributed by atoms with van der Waals surface area (Å²) in [4.78, 5) is 26.5. The molecule has 4 heteroatoms. The van der Waals surface area contributed by atoms with Crippen LogP contribution in [0.15, 0.2) is 0 Å². The van der Waals surface area contributed by atoms with E-state index < -0.39 is 0 Å². The largest absolute Gasteiger partial charge is 0.342 e. The van der Waals surface area contributed by atoms with Crippen LogP contribution >= 0.6 is 0 Å². The van der Waals surface area contributed by atoms with Crippen molar-refractivity contribution in [1.82, 2.24) is 10.2 Å². The molecular formula is C16H30N2O2. The molecule has 0 aromatic carbocycles. The maximum atomic E-state index is 12.6. The van der Waals surface area contributed by atoms with E-state index in [1.165, 1.54) is 12.8 Å². The van der Waals surface area contributed by atoms with Gasteiger partial charge in [-0.2, -0.15) is 0 Å². The quantitative estimate of drug-likeness (QED) is 0.696. The highest BCUT2D eigenvalue weighted by Gasteiger charge is 2.39. The molecule has 1 aliphatic rings. The molecule has 1 rings (SSSR count). The van der Waals surface area contributed by atoms with E-state index in [-0.39, 0.29) is 23.9 Å². The second kappa shape index (κ2) is 8.28. The monoisotopic (exact) mass is 282 g/mol. The fourth-order valence-corrected chi connectivity index (χ4v) is 2.84. The first-order valence-corrected chi connectivity index (χ1v) is 8.12. The van der Waals surface area contributed by atoms with Crippen LogP contribution in [0.5, 0.6) is 0 Å². The number of carbonyl (C=O) groups excluding carboxylic acids is 2. The predicted molar refractivity (Wildman–Crippen MR) is 81.3 cm³/mol. The third-order valence-electron chi connectivity index (χ3n) is 3.92. The van der Waals surface area contributed by atoms with E-state index in [4.69, 9.17) is 0 Å². The molecule has 1 aliphatic heterocycles. The number of carbonyl (C=O) groups is 2. The van der Waals surface area contributed by atoms with Gasteiger partial charge in [-0.15, -0.1) is 0 Å². The third-order valence-corrected chi connectivity index (χ3v) is 3.92. The Bertz CT molecular complexity index is 328. The van der Waals surface area contributed by atoms with Crippen LogP contribution in [0.4, 0.5) is 0 Å². The number of amides is 2. The van der Waals surface area contributed by atoms with Crippen molar-refractivity contribution in [3.8, 4) is 0 Å². The van der Waals surface area contributed by atoms with Crippen LogP contribution in [0.1, 0.15) is 66.2 Å². The summed E-state index contributed by atoms with van der Waals surface area (Å²) < 4.78 is 0. The molecule has 0 saturated carbocycles. The lowest BCUT2D eigenvalue weighted by atomic mass is 9.97. The Hall–Kier alpha value is -1.06. The Morgan fingerprint density at radius 2 is 1.85 bits per heavy atom. The van der Waals surface area contributed by atoms with E-state index in [1.807, 2.05) is 11.8 Å². The van der Waals surface area contributed by atoms with Crippen LogP contribution in [0.25, 0.3) is 0 Å². The number of piperazine rings is 1. The zero-order valence-electron chi connectivity index (χ0n) is 13.4. The number of nitrogens with one attached hydrogen (secondary N) is 1. The molecule has 0 aliphatic carbocycles. The minimum Gasteiger partial charge on any atom is -0.342 e. The first-order chi connectivity index (χ1) is 9.51. The van der Waals surface area contributed by atoms with Gasteiger partial charge < -0.3 is 10.2 Å². The van der Waals surface area contributed by atoms with Crippen LogP contribution < -0.4 is 5.32 Å². The zero-order chi connectivity index (χ0) is 15.1. The van der Waals surface area contributed by atoms with Crippen LogP contribution in [-0.4, -0.2) is 35.3 Å². The van der Waals surface area contributed by atoms with Crippen LogP contribution in [0, 0.1) is 5.92 Å². The molecule has 1 fully saturated rings. The molecule has 1 saturated heterocycles. The summed E-state index contributed by atoms with van der Waals surface area (Å²) in [5, 5.41) is 2.90. The number of unbranched alkanes of at least 4 members (excludes halogenated alkanes) is 3. The molecule has 2 atom stereocenters. The maximum Gasteiger partial charge on any atom is 0.245 e. The van der Waals surface area contributed by atoms with Crippen molar-refractivity contribution >= 4 is 11.8 Å². The summed E-state index contributed by atoms with van der Waals surface area (Å²) in [6.45, 7) is 9.03. The van der Waals surface area contributed by atoms with Gasteiger partial charge >= 0.3 is 0 Å². The second-order valence-corrected chi connectivity index (χ2v) is 6.21. The van der Waals surface area contributed by atoms with Gasteiger partial charge in [0.25, 0.3) is 0 Å². The summed E-state index contributed by atoms with van der Waals surface area (Å²) in [7, 11) is 0. The van der Waals surface area contributed by atoms with E-state index in [0.29, 0.717) is 12.3 Å². The van der Waals surface area contributed by atoms with Gasteiger partial charge in [0.1, 0.15) is 12.1 Å². The lowest BCUT2D eigenvalue weighted by Gasteiger charge is -2.39. The third kappa shape index (κ3) is 4.50. The fourth-order valence-electron chi connectivity index (χ4n) is 2.84. The first kappa shape index (κ1) is 17.0. The lowest BCUT2D eigenvalue weighted by Crippen LogP contribution is -2.63. The Balaban J connectivity index is 2.67. The minimum absolute atomic E-state index is 0.0215. The lowest BCUT2D eigenvalue weighted by molar-refractivity contribution is -0.150. The summed E-state index contributed by atoms with van der Waals surface area (Å²) in [6.07, 6.45) is 5.93. The highest BCUT2D eigenvalue weighted by atomic mass is 16.2. The molecule has 0 aromatic rings. The number of hydrogen-bond acceptors (Lipinski definition) is 2. The standard InChI is InChI=1S/C16H30N2O2/c1-5-7-8-9-10-18-14(6-2)15(19)17-13(16(18)20)11-12(3)4/h12-14H,5-11H2,1-4H3,(H,17,19). The minimum atomic E-state index is -0.323. The molecule has 1 heterocycles. The van der Waals surface area contributed by atoms with Crippen LogP contribution in [-0.2, 0) is 9.59 Å². The molecule has 0 aromatic heterocycles. The fraction of sp³-hybridized carbons (Fsp3) is 0.875. The maximum absolute atomic E-state index is 12.6. The summed E-state index contributed by atoms with van der Waals surface area (Å²) >= 11 is 0. The van der Waals surface area contributed by atoms with Gasteiger partial charge in [-0.1, -0.05) is 47.0 Å². The number of nitrogens with zero attached hydrogens (tertiary/aromatic N) is 1. The topological polar surface area (TPSA) is 49.4 Å². The molecule has 0 radical (unpaired) electrons. The van der Waals surface area contributed by atoms with Crippen LogP contribution in [0.2, 0.25) is 0 Å². The van der Waals surface area contributed by atoms with Gasteiger partial charge in [0, 0.05) is 6.54 Å². The summed E-state index contributed by atoms with van der Waals surface area (Å²) in [6, 6.07) is -0.594. The first-order valence-electron chi connectivity index (χ1n) is 8.12. The molecule has 20 heavy (non-hydrogen) atoms. The van der Waals surface area contributed by atoms with Crippen LogP contribution in [0.3, 0.4) is 0 Å². The molecule has 1 N–H and O–H groups in total. The average molecular weight is 282 g/mol. The van der Waals surface area contributed by atoms with Gasteiger partial charge in [0.05, 0.1) is 0 Å². The predicted octanol–water partition coefficient (Wildman–Crippen LogP) is 2.72. The molecular weight excluding hydrogens is 252 g/mol. The van der Waals surface area contributed by atoms with E-state index in [1.54, 1.807) is 0 Å². The van der Waals surface area contributed by atoms with Crippen molar-refractivity contribution in [1.29, 1.82) is 0 Å². The van der Waals surface area contributed by atoms with Gasteiger partial charge in [-0.05, 0) is 25.2 Å². The summed E-state index contributed by atoms with van der Waals surface area (Å²) in [5.41, 5.74) is 0. The molecule has 4 nitrogen and oxygen atoms in total. The smallest absolute Gasteiger partial charge is 0.245 e. The zero-order valence-corrected chi connectivity index (χ0v) is 13.4. The van der Waals surface area contributed by atoms with Crippen molar-refractivity contribution < 1.29 is 9.59 Å². The highest BCUT2D eigenvalue weighted by Crippen LogP contribution is 2.18. The van der Waals surface area contributed by atoms with E-state index in [9.17, 15) is 9.59 Å². The van der Waals surface area contributed by atoms with E-state index >= 15 is 0 Å². The van der Waals surface area contributed by atoms with E-state index in [2.05, 4.69) is 26.1 Å². The van der Waals surface area contributed by atoms with Crippen molar-refractivity contribution in [3.63, 3.8) is 0 Å². The highest BCUT2D eigenvalue weighted by molar-refractivity contribution is 5.96. The number of hydrogen-bond donors (Lipinski definition) is 1. The Morgan fingerprint density at radius 3 is 2.40 bits per heavy atom. The van der Waals surface area contributed by atoms with Crippen molar-refractivity contribution in [3.05, 3.63) is 0 Å². The van der Waals surface area contributed by atoms with Gasteiger partial charge in [-0.25, -0.2) is 0 Å². The Morgan fingerprint density at radius 1 is 1.15 bits per heavy atom. The molecule has 116 valence electrons. The second-order valence-electron chi connectivity index (χ2n) is 6.21. The normalized spacial score (nSPS) is 23.4. The summed E-state index contributed by atoms with van der Waals surface area (Å²) in [5.74, 6) is 0.541. The molecule has 0 spiro atoms. The van der Waals surface area contributed by atoms with Crippen molar-refractivity contribution in [2.45, 2.75) is 78.3 Å². The van der Waals surface area contributed by atoms with Crippen molar-refractivity contribution in [2.75, 3.05) is 6.54 Å². The van der Waals surface area contributed by atoms with Gasteiger partial charge in [-0.3, -0.25) is 9.59 Å². The van der Waals surface area contributed by atoms with Gasteiger partial charge in [0.2, 0.25) is 11.8 Å². The Kier molecular flexibility index (Phi) is 7.03. The molecule has 2 unspecified atom stereocenters. The number of rotatable bonds is 8.